The number of rotatable bonds is 4. The van der Waals surface area contributed by atoms with E-state index in [0.717, 1.165) is 5.69 Å². The maximum absolute atomic E-state index is 5.94. The van der Waals surface area contributed by atoms with Crippen LogP contribution >= 0.6 is 11.8 Å². The van der Waals surface area contributed by atoms with Gasteiger partial charge < -0.3 is 5.73 Å². The number of thioether (sulfide) groups is 1. The molecule has 0 amide bonds. The van der Waals surface area contributed by atoms with Gasteiger partial charge in [-0.25, -0.2) is 0 Å². The topological polar surface area (TPSA) is 42.1 Å². The number of pyridine rings is 1. The quantitative estimate of drug-likeness (QED) is 0.886. The van der Waals surface area contributed by atoms with Gasteiger partial charge in [0.2, 0.25) is 0 Å². The smallest absolute Gasteiger partial charge is 0.0485 e. The molecule has 3 nitrogen and oxygen atoms in total. The van der Waals surface area contributed by atoms with Crippen molar-refractivity contribution >= 4 is 11.8 Å². The molecule has 0 bridgehead atoms. The van der Waals surface area contributed by atoms with Crippen LogP contribution in [-0.2, 0) is 0 Å². The van der Waals surface area contributed by atoms with Crippen molar-refractivity contribution in [3.63, 3.8) is 0 Å². The van der Waals surface area contributed by atoms with Crippen LogP contribution in [0.15, 0.2) is 18.3 Å². The Morgan fingerprint density at radius 1 is 1.59 bits per heavy atom. The van der Waals surface area contributed by atoms with Gasteiger partial charge >= 0.3 is 0 Å². The van der Waals surface area contributed by atoms with Crippen molar-refractivity contribution in [2.75, 3.05) is 25.1 Å². The lowest BCUT2D eigenvalue weighted by Crippen LogP contribution is -2.38. The van der Waals surface area contributed by atoms with E-state index in [1.54, 1.807) is 0 Å². The van der Waals surface area contributed by atoms with E-state index in [9.17, 15) is 0 Å². The Labute approximate surface area is 108 Å². The third-order valence-corrected chi connectivity index (χ3v) is 4.66. The van der Waals surface area contributed by atoms with E-state index in [1.165, 1.54) is 23.5 Å². The molecule has 1 aromatic rings. The van der Waals surface area contributed by atoms with Gasteiger partial charge in [-0.05, 0) is 37.8 Å². The van der Waals surface area contributed by atoms with E-state index in [0.29, 0.717) is 18.6 Å². The summed E-state index contributed by atoms with van der Waals surface area (Å²) in [6, 6.07) is 5.18. The first kappa shape index (κ1) is 12.9. The molecule has 94 valence electrons. The number of nitrogens with two attached hydrogens (primary N) is 1. The monoisotopic (exact) mass is 251 g/mol. The van der Waals surface area contributed by atoms with E-state index >= 15 is 0 Å². The second-order valence-electron chi connectivity index (χ2n) is 4.67. The molecule has 4 heteroatoms. The fraction of sp³-hybridized carbons (Fsp3) is 0.615. The van der Waals surface area contributed by atoms with Crippen LogP contribution in [0.25, 0.3) is 0 Å². The molecule has 1 fully saturated rings. The molecule has 2 rings (SSSR count). The summed E-state index contributed by atoms with van der Waals surface area (Å²) in [4.78, 5) is 6.79. The first-order chi connectivity index (χ1) is 8.22. The number of nitrogens with zero attached hydrogens (tertiary/aromatic N) is 2. The summed E-state index contributed by atoms with van der Waals surface area (Å²) in [6.45, 7) is 2.67. The van der Waals surface area contributed by atoms with Gasteiger partial charge in [-0.2, -0.15) is 11.8 Å². The zero-order valence-electron chi connectivity index (χ0n) is 10.6. The first-order valence-corrected chi connectivity index (χ1v) is 7.30. The van der Waals surface area contributed by atoms with Crippen molar-refractivity contribution in [2.45, 2.75) is 25.4 Å². The second kappa shape index (κ2) is 5.85. The first-order valence-electron chi connectivity index (χ1n) is 6.14. The lowest BCUT2D eigenvalue weighted by molar-refractivity contribution is 0.192. The van der Waals surface area contributed by atoms with Crippen molar-refractivity contribution in [1.29, 1.82) is 0 Å². The summed E-state index contributed by atoms with van der Waals surface area (Å²) >= 11 is 2.04. The number of likely N-dealkylation sites (N-methyl/N-ethyl adjacent to an activating group) is 1. The third kappa shape index (κ3) is 3.00. The van der Waals surface area contributed by atoms with Crippen LogP contribution in [0.1, 0.15) is 23.7 Å². The third-order valence-electron chi connectivity index (χ3n) is 3.52. The van der Waals surface area contributed by atoms with Gasteiger partial charge in [0.05, 0.1) is 0 Å². The lowest BCUT2D eigenvalue weighted by atomic mass is 10.1. The molecule has 0 radical (unpaired) electrons. The van der Waals surface area contributed by atoms with E-state index in [-0.39, 0.29) is 0 Å². The van der Waals surface area contributed by atoms with Gasteiger partial charge in [0, 0.05) is 36.3 Å². The lowest BCUT2D eigenvalue weighted by Gasteiger charge is -2.32. The molecule has 1 aromatic heterocycles. The number of aromatic nitrogens is 1. The highest BCUT2D eigenvalue weighted by Crippen LogP contribution is 2.27. The van der Waals surface area contributed by atoms with Gasteiger partial charge in [-0.3, -0.25) is 9.88 Å². The standard InChI is InChI=1S/C13H21N3S/c1-10-3-4-11(8-15-10)13(7-14)16(2)12-5-6-17-9-12/h3-4,8,12-13H,5-7,9,14H2,1-2H3. The van der Waals surface area contributed by atoms with Crippen molar-refractivity contribution in [1.82, 2.24) is 9.88 Å². The van der Waals surface area contributed by atoms with Gasteiger partial charge in [-0.15, -0.1) is 0 Å². The summed E-state index contributed by atoms with van der Waals surface area (Å²) in [7, 11) is 2.19. The SMILES string of the molecule is Cc1ccc(C(CN)N(C)C2CCSC2)cn1. The molecule has 0 aliphatic carbocycles. The largest absolute Gasteiger partial charge is 0.329 e. The molecular formula is C13H21N3S. The van der Waals surface area contributed by atoms with Crippen molar-refractivity contribution in [3.05, 3.63) is 29.6 Å². The average molecular weight is 251 g/mol. The van der Waals surface area contributed by atoms with Crippen molar-refractivity contribution in [3.8, 4) is 0 Å². The Hall–Kier alpha value is -0.580. The maximum atomic E-state index is 5.94. The van der Waals surface area contributed by atoms with Crippen molar-refractivity contribution in [2.24, 2.45) is 5.73 Å². The van der Waals surface area contributed by atoms with Gasteiger partial charge in [0.15, 0.2) is 0 Å². The molecule has 17 heavy (non-hydrogen) atoms. The molecule has 2 atom stereocenters. The summed E-state index contributed by atoms with van der Waals surface area (Å²) < 4.78 is 0. The molecule has 0 saturated carbocycles. The molecule has 2 heterocycles. The minimum atomic E-state index is 0.298. The highest BCUT2D eigenvalue weighted by atomic mass is 32.2. The Balaban J connectivity index is 2.11. The number of aryl methyl sites for hydroxylation is 1. The molecule has 0 spiro atoms. The van der Waals surface area contributed by atoms with Crippen LogP contribution in [0.5, 0.6) is 0 Å². The summed E-state index contributed by atoms with van der Waals surface area (Å²) in [5.74, 6) is 2.50. The van der Waals surface area contributed by atoms with E-state index in [4.69, 9.17) is 5.73 Å². The highest BCUT2D eigenvalue weighted by molar-refractivity contribution is 7.99. The van der Waals surface area contributed by atoms with E-state index in [2.05, 4.69) is 29.1 Å². The summed E-state index contributed by atoms with van der Waals surface area (Å²) in [5.41, 5.74) is 8.23. The van der Waals surface area contributed by atoms with Crippen LogP contribution < -0.4 is 5.73 Å². The van der Waals surface area contributed by atoms with E-state index in [1.807, 2.05) is 24.9 Å². The zero-order valence-corrected chi connectivity index (χ0v) is 11.4. The summed E-state index contributed by atoms with van der Waals surface area (Å²) in [6.07, 6.45) is 3.24. The van der Waals surface area contributed by atoms with Crippen molar-refractivity contribution < 1.29 is 0 Å². The van der Waals surface area contributed by atoms with Crippen LogP contribution in [0, 0.1) is 6.92 Å². The Morgan fingerprint density at radius 2 is 2.41 bits per heavy atom. The predicted octanol–water partition coefficient (Wildman–Crippen LogP) is 1.83. The van der Waals surface area contributed by atoms with Crippen LogP contribution in [0.2, 0.25) is 0 Å². The Bertz CT molecular complexity index is 346. The normalized spacial score (nSPS) is 22.0. The molecular weight excluding hydrogens is 230 g/mol. The van der Waals surface area contributed by atoms with Crippen LogP contribution in [-0.4, -0.2) is 41.0 Å². The summed E-state index contributed by atoms with van der Waals surface area (Å²) in [5, 5.41) is 0. The number of hydrogen-bond acceptors (Lipinski definition) is 4. The second-order valence-corrected chi connectivity index (χ2v) is 5.82. The minimum Gasteiger partial charge on any atom is -0.329 e. The predicted molar refractivity (Wildman–Crippen MR) is 74.3 cm³/mol. The highest BCUT2D eigenvalue weighted by Gasteiger charge is 2.26. The minimum absolute atomic E-state index is 0.298. The maximum Gasteiger partial charge on any atom is 0.0485 e. The molecule has 1 aliphatic heterocycles. The fourth-order valence-corrected chi connectivity index (χ4v) is 3.59. The Morgan fingerprint density at radius 3 is 2.94 bits per heavy atom. The van der Waals surface area contributed by atoms with E-state index < -0.39 is 0 Å². The number of hydrogen-bond donors (Lipinski definition) is 1. The average Bonchev–Trinajstić information content (AvgIpc) is 2.86. The molecule has 2 N–H and O–H groups in total. The van der Waals surface area contributed by atoms with Gasteiger partial charge in [0.25, 0.3) is 0 Å². The van der Waals surface area contributed by atoms with Gasteiger partial charge in [-0.1, -0.05) is 6.07 Å². The Kier molecular flexibility index (Phi) is 4.42. The van der Waals surface area contributed by atoms with Crippen LogP contribution in [0.3, 0.4) is 0 Å². The molecule has 1 aliphatic rings. The fourth-order valence-electron chi connectivity index (χ4n) is 2.31. The van der Waals surface area contributed by atoms with Crippen LogP contribution in [0.4, 0.5) is 0 Å². The molecule has 1 saturated heterocycles. The molecule has 0 aromatic carbocycles. The zero-order chi connectivity index (χ0) is 12.3. The van der Waals surface area contributed by atoms with Gasteiger partial charge in [0.1, 0.15) is 0 Å². The molecule has 2 unspecified atom stereocenters.